The quantitative estimate of drug-likeness (QED) is 0.712. The van der Waals surface area contributed by atoms with Crippen molar-refractivity contribution in [3.05, 3.63) is 29.8 Å². The van der Waals surface area contributed by atoms with Crippen LogP contribution in [-0.2, 0) is 4.79 Å². The third kappa shape index (κ3) is 6.42. The predicted octanol–water partition coefficient (Wildman–Crippen LogP) is 1.39. The van der Waals surface area contributed by atoms with Gasteiger partial charge < -0.3 is 10.4 Å². The van der Waals surface area contributed by atoms with Crippen LogP contribution >= 0.6 is 0 Å². The Bertz CT molecular complexity index is 478. The van der Waals surface area contributed by atoms with Crippen molar-refractivity contribution < 1.29 is 23.5 Å². The number of rotatable bonds is 8. The van der Waals surface area contributed by atoms with Crippen LogP contribution in [0.4, 0.5) is 14.5 Å². The summed E-state index contributed by atoms with van der Waals surface area (Å²) in [5, 5.41) is 11.3. The number of hydrogen-bond donors (Lipinski definition) is 2. The molecule has 0 aromatic heterocycles. The fourth-order valence-corrected chi connectivity index (χ4v) is 1.76. The second kappa shape index (κ2) is 8.43. The summed E-state index contributed by atoms with van der Waals surface area (Å²) in [5.74, 6) is -0.543. The molecule has 0 unspecified atom stereocenters. The Morgan fingerprint density at radius 3 is 2.38 bits per heavy atom. The topological polar surface area (TPSA) is 69.6 Å². The van der Waals surface area contributed by atoms with Crippen molar-refractivity contribution in [1.82, 2.24) is 4.90 Å². The Morgan fingerprint density at radius 2 is 1.90 bits per heavy atom. The van der Waals surface area contributed by atoms with Crippen molar-refractivity contribution in [2.24, 2.45) is 0 Å². The molecule has 7 heteroatoms. The standard InChI is InChI=1S/C14H18F2N2O3/c1-10(20)11-2-4-12(5-3-11)17-14(21)9-18(6-7-19)8-13(15)16/h2-5,13,19H,6-9H2,1H3,(H,17,21). The highest BCUT2D eigenvalue weighted by Gasteiger charge is 2.15. The molecule has 2 N–H and O–H groups in total. The number of hydrogen-bond acceptors (Lipinski definition) is 4. The van der Waals surface area contributed by atoms with Gasteiger partial charge in [0.2, 0.25) is 5.91 Å². The molecule has 0 heterocycles. The molecule has 0 aliphatic carbocycles. The number of alkyl halides is 2. The summed E-state index contributed by atoms with van der Waals surface area (Å²) in [4.78, 5) is 24.0. The van der Waals surface area contributed by atoms with Gasteiger partial charge in [-0.25, -0.2) is 8.78 Å². The number of benzene rings is 1. The largest absolute Gasteiger partial charge is 0.395 e. The van der Waals surface area contributed by atoms with E-state index >= 15 is 0 Å². The number of aliphatic hydroxyl groups is 1. The van der Waals surface area contributed by atoms with E-state index in [-0.39, 0.29) is 25.5 Å². The molecule has 21 heavy (non-hydrogen) atoms. The van der Waals surface area contributed by atoms with Crippen molar-refractivity contribution >= 4 is 17.4 Å². The van der Waals surface area contributed by atoms with Crippen LogP contribution < -0.4 is 5.32 Å². The first kappa shape index (κ1) is 17.2. The van der Waals surface area contributed by atoms with Gasteiger partial charge in [0.1, 0.15) is 0 Å². The molecular weight excluding hydrogens is 282 g/mol. The number of amides is 1. The minimum Gasteiger partial charge on any atom is -0.395 e. The lowest BCUT2D eigenvalue weighted by molar-refractivity contribution is -0.117. The zero-order valence-electron chi connectivity index (χ0n) is 11.7. The molecule has 1 aromatic carbocycles. The summed E-state index contributed by atoms with van der Waals surface area (Å²) in [5.41, 5.74) is 0.999. The van der Waals surface area contributed by atoms with Crippen molar-refractivity contribution in [2.45, 2.75) is 13.3 Å². The number of aliphatic hydroxyl groups excluding tert-OH is 1. The molecule has 0 bridgehead atoms. The molecule has 0 saturated carbocycles. The Morgan fingerprint density at radius 1 is 1.29 bits per heavy atom. The summed E-state index contributed by atoms with van der Waals surface area (Å²) < 4.78 is 24.6. The lowest BCUT2D eigenvalue weighted by Crippen LogP contribution is -2.38. The smallest absolute Gasteiger partial charge is 0.251 e. The highest BCUT2D eigenvalue weighted by molar-refractivity contribution is 5.96. The van der Waals surface area contributed by atoms with Crippen LogP contribution in [0.5, 0.6) is 0 Å². The predicted molar refractivity (Wildman–Crippen MR) is 74.6 cm³/mol. The molecule has 5 nitrogen and oxygen atoms in total. The van der Waals surface area contributed by atoms with Crippen LogP contribution in [-0.4, -0.2) is 54.4 Å². The average Bonchev–Trinajstić information content (AvgIpc) is 2.38. The Balaban J connectivity index is 2.56. The maximum absolute atomic E-state index is 12.3. The van der Waals surface area contributed by atoms with E-state index in [1.165, 1.54) is 11.8 Å². The lowest BCUT2D eigenvalue weighted by Gasteiger charge is -2.20. The normalized spacial score (nSPS) is 11.0. The summed E-state index contributed by atoms with van der Waals surface area (Å²) in [7, 11) is 0. The number of halogens is 2. The van der Waals surface area contributed by atoms with Gasteiger partial charge in [0, 0.05) is 17.8 Å². The summed E-state index contributed by atoms with van der Waals surface area (Å²) in [6, 6.07) is 6.28. The monoisotopic (exact) mass is 300 g/mol. The maximum atomic E-state index is 12.3. The fourth-order valence-electron chi connectivity index (χ4n) is 1.76. The number of Topliss-reactive ketones (excluding diaryl/α,β-unsaturated/α-hetero) is 1. The van der Waals surface area contributed by atoms with Crippen molar-refractivity contribution in [3.8, 4) is 0 Å². The van der Waals surface area contributed by atoms with Gasteiger partial charge in [-0.15, -0.1) is 0 Å². The number of nitrogens with one attached hydrogen (secondary N) is 1. The summed E-state index contributed by atoms with van der Waals surface area (Å²) >= 11 is 0. The van der Waals surface area contributed by atoms with Crippen LogP contribution in [0.25, 0.3) is 0 Å². The van der Waals surface area contributed by atoms with Crippen LogP contribution in [0.15, 0.2) is 24.3 Å². The van der Waals surface area contributed by atoms with E-state index < -0.39 is 18.9 Å². The first-order chi connectivity index (χ1) is 9.92. The minimum atomic E-state index is -2.57. The molecule has 1 amide bonds. The number of ketones is 1. The maximum Gasteiger partial charge on any atom is 0.251 e. The SMILES string of the molecule is CC(=O)c1ccc(NC(=O)CN(CCO)CC(F)F)cc1. The highest BCUT2D eigenvalue weighted by atomic mass is 19.3. The molecule has 0 aliphatic heterocycles. The van der Waals surface area contributed by atoms with E-state index in [9.17, 15) is 18.4 Å². The van der Waals surface area contributed by atoms with Gasteiger partial charge in [0.25, 0.3) is 6.43 Å². The van der Waals surface area contributed by atoms with Gasteiger partial charge >= 0.3 is 0 Å². The number of anilines is 1. The molecule has 0 radical (unpaired) electrons. The molecule has 0 aliphatic rings. The van der Waals surface area contributed by atoms with Crippen LogP contribution in [0.1, 0.15) is 17.3 Å². The van der Waals surface area contributed by atoms with Crippen molar-refractivity contribution in [2.75, 3.05) is 31.6 Å². The summed E-state index contributed by atoms with van der Waals surface area (Å²) in [6.45, 7) is 0.329. The molecule has 0 fully saturated rings. The van der Waals surface area contributed by atoms with Gasteiger partial charge in [0.05, 0.1) is 19.7 Å². The molecule has 1 aromatic rings. The Kier molecular flexibility index (Phi) is 6.90. The first-order valence-electron chi connectivity index (χ1n) is 6.44. The number of carbonyl (C=O) groups is 2. The fraction of sp³-hybridized carbons (Fsp3) is 0.429. The average molecular weight is 300 g/mol. The first-order valence-corrected chi connectivity index (χ1v) is 6.44. The third-order valence-electron chi connectivity index (χ3n) is 2.75. The van der Waals surface area contributed by atoms with E-state index in [2.05, 4.69) is 5.32 Å². The number of carbonyl (C=O) groups excluding carboxylic acids is 2. The second-order valence-corrected chi connectivity index (χ2v) is 4.53. The molecule has 0 saturated heterocycles. The second-order valence-electron chi connectivity index (χ2n) is 4.53. The van der Waals surface area contributed by atoms with Gasteiger partial charge in [-0.2, -0.15) is 0 Å². The van der Waals surface area contributed by atoms with Crippen LogP contribution in [0, 0.1) is 0 Å². The van der Waals surface area contributed by atoms with E-state index in [1.807, 2.05) is 0 Å². The zero-order valence-corrected chi connectivity index (χ0v) is 11.7. The van der Waals surface area contributed by atoms with Crippen LogP contribution in [0.3, 0.4) is 0 Å². The summed E-state index contributed by atoms with van der Waals surface area (Å²) in [6.07, 6.45) is -2.57. The van der Waals surface area contributed by atoms with E-state index in [4.69, 9.17) is 5.11 Å². The van der Waals surface area contributed by atoms with E-state index in [0.717, 1.165) is 0 Å². The molecule has 1 rings (SSSR count). The zero-order chi connectivity index (χ0) is 15.8. The Hall–Kier alpha value is -1.86. The van der Waals surface area contributed by atoms with Crippen molar-refractivity contribution in [3.63, 3.8) is 0 Å². The minimum absolute atomic E-state index is 0.00103. The third-order valence-corrected chi connectivity index (χ3v) is 2.75. The molecular formula is C14H18F2N2O3. The van der Waals surface area contributed by atoms with Gasteiger partial charge in [0.15, 0.2) is 5.78 Å². The van der Waals surface area contributed by atoms with E-state index in [0.29, 0.717) is 11.3 Å². The van der Waals surface area contributed by atoms with Crippen molar-refractivity contribution in [1.29, 1.82) is 0 Å². The highest BCUT2D eigenvalue weighted by Crippen LogP contribution is 2.10. The number of nitrogens with zero attached hydrogens (tertiary/aromatic N) is 1. The van der Waals surface area contributed by atoms with Gasteiger partial charge in [-0.3, -0.25) is 14.5 Å². The Labute approximate surface area is 121 Å². The van der Waals surface area contributed by atoms with Crippen LogP contribution in [0.2, 0.25) is 0 Å². The van der Waals surface area contributed by atoms with Gasteiger partial charge in [-0.1, -0.05) is 0 Å². The lowest BCUT2D eigenvalue weighted by atomic mass is 10.1. The van der Waals surface area contributed by atoms with E-state index in [1.54, 1.807) is 24.3 Å². The molecule has 0 spiro atoms. The molecule has 0 atom stereocenters. The van der Waals surface area contributed by atoms with Gasteiger partial charge in [-0.05, 0) is 31.2 Å². The molecule has 116 valence electrons.